The van der Waals surface area contributed by atoms with Gasteiger partial charge in [-0.3, -0.25) is 4.79 Å². The lowest BCUT2D eigenvalue weighted by atomic mass is 9.77. The Labute approximate surface area is 138 Å². The van der Waals surface area contributed by atoms with E-state index in [1.165, 1.54) is 30.1 Å². The fourth-order valence-electron chi connectivity index (χ4n) is 3.52. The topological polar surface area (TPSA) is 20.3 Å². The number of anilines is 1. The number of rotatable bonds is 3. The molecule has 1 saturated carbocycles. The summed E-state index contributed by atoms with van der Waals surface area (Å²) < 4.78 is 40.3. The van der Waals surface area contributed by atoms with Gasteiger partial charge in [0.15, 0.2) is 11.6 Å². The average Bonchev–Trinajstić information content (AvgIpc) is 3.07. The summed E-state index contributed by atoms with van der Waals surface area (Å²) in [6.07, 6.45) is 2.97. The average molecular weight is 333 g/mol. The van der Waals surface area contributed by atoms with Gasteiger partial charge in [-0.1, -0.05) is 25.0 Å². The van der Waals surface area contributed by atoms with Crippen LogP contribution in [0, 0.1) is 17.5 Å². The molecule has 1 aliphatic rings. The van der Waals surface area contributed by atoms with E-state index in [9.17, 15) is 18.0 Å². The zero-order chi connectivity index (χ0) is 17.3. The van der Waals surface area contributed by atoms with E-state index in [4.69, 9.17) is 0 Å². The van der Waals surface area contributed by atoms with Crippen molar-refractivity contribution >= 4 is 11.6 Å². The summed E-state index contributed by atoms with van der Waals surface area (Å²) in [6.45, 7) is 0. The summed E-state index contributed by atoms with van der Waals surface area (Å²) in [4.78, 5) is 14.5. The van der Waals surface area contributed by atoms with E-state index in [0.29, 0.717) is 18.4 Å². The van der Waals surface area contributed by atoms with Crippen LogP contribution in [0.3, 0.4) is 0 Å². The molecule has 0 spiro atoms. The summed E-state index contributed by atoms with van der Waals surface area (Å²) >= 11 is 0. The molecule has 0 heterocycles. The molecular weight excluding hydrogens is 315 g/mol. The van der Waals surface area contributed by atoms with E-state index in [-0.39, 0.29) is 17.4 Å². The van der Waals surface area contributed by atoms with Crippen LogP contribution in [0.2, 0.25) is 0 Å². The number of carbonyl (C=O) groups is 1. The predicted molar refractivity (Wildman–Crippen MR) is 86.3 cm³/mol. The van der Waals surface area contributed by atoms with E-state index in [2.05, 4.69) is 0 Å². The second-order valence-electron chi connectivity index (χ2n) is 6.26. The number of hydrogen-bond donors (Lipinski definition) is 0. The third-order valence-corrected chi connectivity index (χ3v) is 4.84. The minimum atomic E-state index is -1.00. The Kier molecular flexibility index (Phi) is 4.35. The van der Waals surface area contributed by atoms with Gasteiger partial charge in [0.05, 0.1) is 5.41 Å². The molecule has 2 aromatic rings. The first kappa shape index (κ1) is 16.6. The van der Waals surface area contributed by atoms with Crippen LogP contribution in [-0.2, 0) is 10.2 Å². The van der Waals surface area contributed by atoms with E-state index < -0.39 is 17.0 Å². The van der Waals surface area contributed by atoms with Gasteiger partial charge >= 0.3 is 0 Å². The van der Waals surface area contributed by atoms with Crippen molar-refractivity contribution in [1.29, 1.82) is 0 Å². The van der Waals surface area contributed by atoms with E-state index in [1.807, 2.05) is 0 Å². The highest BCUT2D eigenvalue weighted by Crippen LogP contribution is 2.43. The minimum Gasteiger partial charge on any atom is -0.315 e. The molecule has 0 atom stereocenters. The molecule has 1 fully saturated rings. The Balaban J connectivity index is 1.99. The molecule has 0 N–H and O–H groups in total. The van der Waals surface area contributed by atoms with Crippen molar-refractivity contribution in [2.24, 2.45) is 0 Å². The smallest absolute Gasteiger partial charge is 0.237 e. The SMILES string of the molecule is CN(C(=O)C1(c2cccc(F)c2)CCCC1)c1ccc(F)c(F)c1. The molecule has 1 aliphatic carbocycles. The Bertz CT molecular complexity index is 769. The summed E-state index contributed by atoms with van der Waals surface area (Å²) in [5.41, 5.74) is 0.0999. The van der Waals surface area contributed by atoms with Crippen molar-refractivity contribution in [3.8, 4) is 0 Å². The third kappa shape index (κ3) is 2.79. The second-order valence-corrected chi connectivity index (χ2v) is 6.26. The quantitative estimate of drug-likeness (QED) is 0.805. The fraction of sp³-hybridized carbons (Fsp3) is 0.316. The van der Waals surface area contributed by atoms with Gasteiger partial charge < -0.3 is 4.90 Å². The van der Waals surface area contributed by atoms with E-state index >= 15 is 0 Å². The maximum atomic E-state index is 13.7. The molecule has 2 nitrogen and oxygen atoms in total. The standard InChI is InChI=1S/C19H18F3NO/c1-23(15-7-8-16(21)17(22)12-15)18(24)19(9-2-3-10-19)13-5-4-6-14(20)11-13/h4-8,11-12H,2-3,9-10H2,1H3. The van der Waals surface area contributed by atoms with Crippen LogP contribution in [0.15, 0.2) is 42.5 Å². The lowest BCUT2D eigenvalue weighted by Gasteiger charge is -2.33. The van der Waals surface area contributed by atoms with Gasteiger partial charge in [-0.25, -0.2) is 13.2 Å². The summed E-state index contributed by atoms with van der Waals surface area (Å²) in [6, 6.07) is 9.45. The van der Waals surface area contributed by atoms with E-state index in [1.54, 1.807) is 12.1 Å². The Morgan fingerprint density at radius 1 is 1.00 bits per heavy atom. The monoisotopic (exact) mass is 333 g/mol. The molecule has 2 aromatic carbocycles. The van der Waals surface area contributed by atoms with Crippen LogP contribution in [0.1, 0.15) is 31.2 Å². The summed E-state index contributed by atoms with van der Waals surface area (Å²) in [7, 11) is 1.54. The van der Waals surface area contributed by atoms with E-state index in [0.717, 1.165) is 25.0 Å². The summed E-state index contributed by atoms with van der Waals surface area (Å²) in [5.74, 6) is -2.57. The maximum Gasteiger partial charge on any atom is 0.237 e. The van der Waals surface area contributed by atoms with Gasteiger partial charge in [0, 0.05) is 18.8 Å². The second kappa shape index (κ2) is 6.30. The Morgan fingerprint density at radius 2 is 1.71 bits per heavy atom. The first-order valence-electron chi connectivity index (χ1n) is 7.93. The van der Waals surface area contributed by atoms with Gasteiger partial charge in [0.2, 0.25) is 5.91 Å². The highest BCUT2D eigenvalue weighted by atomic mass is 19.2. The van der Waals surface area contributed by atoms with Crippen molar-refractivity contribution in [1.82, 2.24) is 0 Å². The number of halogens is 3. The Hall–Kier alpha value is -2.30. The molecule has 0 radical (unpaired) electrons. The van der Waals surface area contributed by atoms with Crippen LogP contribution in [0.4, 0.5) is 18.9 Å². The lowest BCUT2D eigenvalue weighted by Crippen LogP contribution is -2.44. The first-order chi connectivity index (χ1) is 11.4. The normalized spacial score (nSPS) is 16.2. The molecule has 0 aliphatic heterocycles. The lowest BCUT2D eigenvalue weighted by molar-refractivity contribution is -0.123. The van der Waals surface area contributed by atoms with Gasteiger partial charge in [0.1, 0.15) is 5.82 Å². The molecule has 5 heteroatoms. The number of nitrogens with zero attached hydrogens (tertiary/aromatic N) is 1. The van der Waals surface area contributed by atoms with Crippen LogP contribution in [0.25, 0.3) is 0 Å². The first-order valence-corrected chi connectivity index (χ1v) is 7.93. The largest absolute Gasteiger partial charge is 0.315 e. The van der Waals surface area contributed by atoms with Gasteiger partial charge in [-0.2, -0.15) is 0 Å². The minimum absolute atomic E-state index is 0.225. The van der Waals surface area contributed by atoms with Gasteiger partial charge in [0.25, 0.3) is 0 Å². The highest BCUT2D eigenvalue weighted by Gasteiger charge is 2.44. The number of carbonyl (C=O) groups excluding carboxylic acids is 1. The van der Waals surface area contributed by atoms with Crippen molar-refractivity contribution in [2.45, 2.75) is 31.1 Å². The molecule has 3 rings (SSSR count). The number of likely N-dealkylation sites (N-methyl/N-ethyl adjacent to an activating group) is 1. The van der Waals surface area contributed by atoms with Crippen LogP contribution in [-0.4, -0.2) is 13.0 Å². The van der Waals surface area contributed by atoms with Crippen molar-refractivity contribution in [3.63, 3.8) is 0 Å². The van der Waals surface area contributed by atoms with Gasteiger partial charge in [-0.15, -0.1) is 0 Å². The third-order valence-electron chi connectivity index (χ3n) is 4.84. The zero-order valence-corrected chi connectivity index (χ0v) is 13.4. The van der Waals surface area contributed by atoms with Crippen molar-refractivity contribution in [3.05, 3.63) is 65.5 Å². The van der Waals surface area contributed by atoms with Crippen molar-refractivity contribution in [2.75, 3.05) is 11.9 Å². The Morgan fingerprint density at radius 3 is 2.33 bits per heavy atom. The van der Waals surface area contributed by atoms with Crippen molar-refractivity contribution < 1.29 is 18.0 Å². The number of amides is 1. The number of benzene rings is 2. The molecule has 0 aromatic heterocycles. The van der Waals surface area contributed by atoms with Crippen LogP contribution < -0.4 is 4.90 Å². The van der Waals surface area contributed by atoms with Crippen LogP contribution in [0.5, 0.6) is 0 Å². The molecule has 126 valence electrons. The molecule has 24 heavy (non-hydrogen) atoms. The molecule has 0 unspecified atom stereocenters. The van der Waals surface area contributed by atoms with Gasteiger partial charge in [-0.05, 0) is 42.7 Å². The maximum absolute atomic E-state index is 13.7. The zero-order valence-electron chi connectivity index (χ0n) is 13.4. The molecular formula is C19H18F3NO. The molecule has 0 saturated heterocycles. The highest BCUT2D eigenvalue weighted by molar-refractivity contribution is 6.01. The van der Waals surface area contributed by atoms with Crippen LogP contribution >= 0.6 is 0 Å². The molecule has 1 amide bonds. The predicted octanol–water partition coefficient (Wildman–Crippen LogP) is 4.58. The fourth-order valence-corrected chi connectivity index (χ4v) is 3.52. The molecule has 0 bridgehead atoms. The summed E-state index contributed by atoms with van der Waals surface area (Å²) in [5, 5.41) is 0. The number of hydrogen-bond acceptors (Lipinski definition) is 1.